The van der Waals surface area contributed by atoms with Gasteiger partial charge in [0.15, 0.2) is 0 Å². The van der Waals surface area contributed by atoms with Gasteiger partial charge in [-0.3, -0.25) is 4.68 Å². The van der Waals surface area contributed by atoms with E-state index >= 15 is 0 Å². The summed E-state index contributed by atoms with van der Waals surface area (Å²) in [6.07, 6.45) is 3.92. The number of hydrogen-bond donors (Lipinski definition) is 1. The smallest absolute Gasteiger partial charge is 0.119 e. The number of aryl methyl sites for hydroxylation is 2. The van der Waals surface area contributed by atoms with E-state index in [-0.39, 0.29) is 6.04 Å². The van der Waals surface area contributed by atoms with E-state index in [9.17, 15) is 0 Å². The molecule has 0 aliphatic heterocycles. The van der Waals surface area contributed by atoms with Crippen LogP contribution in [0.25, 0.3) is 0 Å². The Hall–Kier alpha value is -2.59. The molecular weight excluding hydrogens is 310 g/mol. The minimum atomic E-state index is 0.269. The van der Waals surface area contributed by atoms with Crippen LogP contribution in [-0.4, -0.2) is 9.78 Å². The highest BCUT2D eigenvalue weighted by molar-refractivity contribution is 5.30. The number of benzene rings is 2. The minimum absolute atomic E-state index is 0.269. The van der Waals surface area contributed by atoms with E-state index in [2.05, 4.69) is 60.7 Å². The quantitative estimate of drug-likeness (QED) is 0.705. The van der Waals surface area contributed by atoms with Crippen LogP contribution in [0.4, 0.5) is 0 Å². The number of hydrogen-bond acceptors (Lipinski definition) is 3. The topological polar surface area (TPSA) is 39.1 Å². The number of ether oxygens (including phenoxy) is 1. The molecule has 2 aromatic carbocycles. The fourth-order valence-corrected chi connectivity index (χ4v) is 2.77. The Morgan fingerprint density at radius 3 is 2.60 bits per heavy atom. The third-order valence-electron chi connectivity index (χ3n) is 4.24. The summed E-state index contributed by atoms with van der Waals surface area (Å²) < 4.78 is 7.70. The first-order chi connectivity index (χ1) is 12.1. The van der Waals surface area contributed by atoms with Crippen molar-refractivity contribution < 1.29 is 4.74 Å². The van der Waals surface area contributed by atoms with Crippen LogP contribution in [0.2, 0.25) is 0 Å². The highest BCUT2D eigenvalue weighted by Gasteiger charge is 2.06. The Bertz CT molecular complexity index is 808. The number of rotatable bonds is 7. The largest absolute Gasteiger partial charge is 0.489 e. The fourth-order valence-electron chi connectivity index (χ4n) is 2.77. The van der Waals surface area contributed by atoms with E-state index < -0.39 is 0 Å². The molecule has 0 amide bonds. The maximum absolute atomic E-state index is 5.88. The standard InChI is InChI=1S/C21H25N3O/c1-16-5-4-6-18(11-16)15-25-21-9-7-20(8-10-21)17(2)22-12-19-13-23-24(3)14-19/h4-11,13-14,17,22H,12,15H2,1-3H3. The summed E-state index contributed by atoms with van der Waals surface area (Å²) in [5, 5.41) is 7.71. The SMILES string of the molecule is Cc1cccc(COc2ccc(C(C)NCc3cnn(C)c3)cc2)c1. The molecule has 4 nitrogen and oxygen atoms in total. The first-order valence-electron chi connectivity index (χ1n) is 8.59. The molecule has 1 atom stereocenters. The summed E-state index contributed by atoms with van der Waals surface area (Å²) in [7, 11) is 1.93. The molecule has 0 aliphatic rings. The lowest BCUT2D eigenvalue weighted by Gasteiger charge is -2.14. The highest BCUT2D eigenvalue weighted by Crippen LogP contribution is 2.19. The van der Waals surface area contributed by atoms with E-state index in [1.807, 2.05) is 36.3 Å². The Morgan fingerprint density at radius 2 is 1.92 bits per heavy atom. The third kappa shape index (κ3) is 4.94. The molecule has 0 saturated heterocycles. The average Bonchev–Trinajstić information content (AvgIpc) is 3.04. The van der Waals surface area contributed by atoms with E-state index in [0.717, 1.165) is 12.3 Å². The maximum Gasteiger partial charge on any atom is 0.119 e. The second-order valence-corrected chi connectivity index (χ2v) is 6.47. The predicted molar refractivity (Wildman–Crippen MR) is 100 cm³/mol. The van der Waals surface area contributed by atoms with Gasteiger partial charge in [-0.2, -0.15) is 5.10 Å². The normalized spacial score (nSPS) is 12.1. The molecule has 1 N–H and O–H groups in total. The van der Waals surface area contributed by atoms with Crippen LogP contribution in [0.5, 0.6) is 5.75 Å². The van der Waals surface area contributed by atoms with Gasteiger partial charge >= 0.3 is 0 Å². The van der Waals surface area contributed by atoms with E-state index in [0.29, 0.717) is 6.61 Å². The molecular formula is C21H25N3O. The molecule has 0 bridgehead atoms. The first kappa shape index (κ1) is 17.2. The van der Waals surface area contributed by atoms with Crippen molar-refractivity contribution in [3.05, 3.63) is 83.2 Å². The Kier molecular flexibility index (Phi) is 5.51. The molecule has 1 heterocycles. The number of nitrogens with zero attached hydrogens (tertiary/aromatic N) is 2. The molecule has 0 fully saturated rings. The molecule has 1 aromatic heterocycles. The van der Waals surface area contributed by atoms with Crippen LogP contribution < -0.4 is 10.1 Å². The zero-order valence-corrected chi connectivity index (χ0v) is 15.1. The zero-order chi connectivity index (χ0) is 17.6. The summed E-state index contributed by atoms with van der Waals surface area (Å²) in [4.78, 5) is 0. The van der Waals surface area contributed by atoms with E-state index in [1.165, 1.54) is 22.3 Å². The van der Waals surface area contributed by atoms with Gasteiger partial charge in [-0.15, -0.1) is 0 Å². The summed E-state index contributed by atoms with van der Waals surface area (Å²) in [6.45, 7) is 5.66. The maximum atomic E-state index is 5.88. The van der Waals surface area contributed by atoms with Crippen molar-refractivity contribution in [2.75, 3.05) is 0 Å². The Labute approximate surface area is 149 Å². The highest BCUT2D eigenvalue weighted by atomic mass is 16.5. The molecule has 0 radical (unpaired) electrons. The van der Waals surface area contributed by atoms with Gasteiger partial charge in [0.05, 0.1) is 6.20 Å². The van der Waals surface area contributed by atoms with E-state index in [1.54, 1.807) is 0 Å². The predicted octanol–water partition coefficient (Wildman–Crippen LogP) is 4.16. The van der Waals surface area contributed by atoms with Gasteiger partial charge in [0.25, 0.3) is 0 Å². The molecule has 1 unspecified atom stereocenters. The van der Waals surface area contributed by atoms with Crippen LogP contribution in [0, 0.1) is 6.92 Å². The zero-order valence-electron chi connectivity index (χ0n) is 15.1. The van der Waals surface area contributed by atoms with Crippen molar-refractivity contribution >= 4 is 0 Å². The summed E-state index contributed by atoms with van der Waals surface area (Å²) in [6, 6.07) is 17.0. The minimum Gasteiger partial charge on any atom is -0.489 e. The molecule has 4 heteroatoms. The summed E-state index contributed by atoms with van der Waals surface area (Å²) in [5.41, 5.74) is 4.87. The lowest BCUT2D eigenvalue weighted by Crippen LogP contribution is -2.17. The third-order valence-corrected chi connectivity index (χ3v) is 4.24. The Morgan fingerprint density at radius 1 is 1.12 bits per heavy atom. The van der Waals surface area contributed by atoms with Gasteiger partial charge < -0.3 is 10.1 Å². The van der Waals surface area contributed by atoms with Crippen molar-refractivity contribution in [1.29, 1.82) is 0 Å². The fraction of sp³-hybridized carbons (Fsp3) is 0.286. The molecule has 3 aromatic rings. The van der Waals surface area contributed by atoms with Gasteiger partial charge in [-0.25, -0.2) is 0 Å². The van der Waals surface area contributed by atoms with E-state index in [4.69, 9.17) is 4.74 Å². The number of aromatic nitrogens is 2. The average molecular weight is 335 g/mol. The molecule has 3 rings (SSSR count). The molecule has 0 spiro atoms. The van der Waals surface area contributed by atoms with Gasteiger partial charge in [0.2, 0.25) is 0 Å². The van der Waals surface area contributed by atoms with Gasteiger partial charge in [-0.05, 0) is 37.1 Å². The molecule has 25 heavy (non-hydrogen) atoms. The van der Waals surface area contributed by atoms with Crippen molar-refractivity contribution in [3.8, 4) is 5.75 Å². The van der Waals surface area contributed by atoms with Crippen LogP contribution in [0.1, 0.15) is 35.2 Å². The Balaban J connectivity index is 1.52. The first-order valence-corrected chi connectivity index (χ1v) is 8.59. The molecule has 130 valence electrons. The van der Waals surface area contributed by atoms with Crippen LogP contribution in [0.15, 0.2) is 60.9 Å². The van der Waals surface area contributed by atoms with Crippen molar-refractivity contribution in [2.24, 2.45) is 7.05 Å². The van der Waals surface area contributed by atoms with Gasteiger partial charge in [0.1, 0.15) is 12.4 Å². The van der Waals surface area contributed by atoms with Crippen LogP contribution in [-0.2, 0) is 20.2 Å². The second kappa shape index (κ2) is 7.99. The van der Waals surface area contributed by atoms with Crippen LogP contribution in [0.3, 0.4) is 0 Å². The van der Waals surface area contributed by atoms with Crippen molar-refractivity contribution in [3.63, 3.8) is 0 Å². The second-order valence-electron chi connectivity index (χ2n) is 6.47. The monoisotopic (exact) mass is 335 g/mol. The molecule has 0 saturated carbocycles. The van der Waals surface area contributed by atoms with Crippen molar-refractivity contribution in [2.45, 2.75) is 33.0 Å². The summed E-state index contributed by atoms with van der Waals surface area (Å²) >= 11 is 0. The lowest BCUT2D eigenvalue weighted by molar-refractivity contribution is 0.306. The van der Waals surface area contributed by atoms with Gasteiger partial charge in [-0.1, -0.05) is 42.0 Å². The lowest BCUT2D eigenvalue weighted by atomic mass is 10.1. The summed E-state index contributed by atoms with van der Waals surface area (Å²) in [5.74, 6) is 0.893. The number of nitrogens with one attached hydrogen (secondary N) is 1. The molecule has 0 aliphatic carbocycles. The van der Waals surface area contributed by atoms with Gasteiger partial charge in [0, 0.05) is 31.4 Å². The van der Waals surface area contributed by atoms with Crippen molar-refractivity contribution in [1.82, 2.24) is 15.1 Å². The van der Waals surface area contributed by atoms with Crippen LogP contribution >= 0.6 is 0 Å².